The highest BCUT2D eigenvalue weighted by Gasteiger charge is 2.12. The van der Waals surface area contributed by atoms with Crippen LogP contribution in [0.15, 0.2) is 41.3 Å². The van der Waals surface area contributed by atoms with Gasteiger partial charge < -0.3 is 10.5 Å². The van der Waals surface area contributed by atoms with Gasteiger partial charge in [-0.15, -0.1) is 0 Å². The van der Waals surface area contributed by atoms with Gasteiger partial charge in [-0.3, -0.25) is 9.19 Å². The summed E-state index contributed by atoms with van der Waals surface area (Å²) in [6.07, 6.45) is 0. The summed E-state index contributed by atoms with van der Waals surface area (Å²) >= 11 is 0. The van der Waals surface area contributed by atoms with Crippen molar-refractivity contribution in [1.29, 1.82) is 0 Å². The molecule has 0 fully saturated rings. The van der Waals surface area contributed by atoms with Crippen molar-refractivity contribution in [3.8, 4) is 5.75 Å². The predicted molar refractivity (Wildman–Crippen MR) is 76.5 cm³/mol. The van der Waals surface area contributed by atoms with E-state index in [1.165, 1.54) is 0 Å². The summed E-state index contributed by atoms with van der Waals surface area (Å²) in [6.45, 7) is 1.91. The number of anilines is 1. The van der Waals surface area contributed by atoms with E-state index in [9.17, 15) is 4.21 Å². The van der Waals surface area contributed by atoms with E-state index in [1.54, 1.807) is 25.3 Å². The Kier molecular flexibility index (Phi) is 4.16. The van der Waals surface area contributed by atoms with Crippen LogP contribution in [-0.4, -0.2) is 16.3 Å². The maximum Gasteiger partial charge on any atom is 0.137 e. The van der Waals surface area contributed by atoms with E-state index in [0.717, 1.165) is 11.4 Å². The summed E-state index contributed by atoms with van der Waals surface area (Å²) in [5.74, 6) is 0.910. The van der Waals surface area contributed by atoms with E-state index in [1.807, 2.05) is 25.1 Å². The molecule has 5 heteroatoms. The molecule has 4 nitrogen and oxygen atoms in total. The minimum absolute atomic E-state index is 0.363. The molecule has 2 rings (SSSR count). The van der Waals surface area contributed by atoms with Crippen LogP contribution < -0.4 is 10.5 Å². The van der Waals surface area contributed by atoms with Crippen molar-refractivity contribution in [3.05, 3.63) is 47.8 Å². The maximum atomic E-state index is 12.4. The molecule has 0 radical (unpaired) electrons. The molecule has 1 unspecified atom stereocenters. The van der Waals surface area contributed by atoms with Crippen molar-refractivity contribution in [3.63, 3.8) is 0 Å². The zero-order valence-corrected chi connectivity index (χ0v) is 11.7. The number of rotatable bonds is 4. The first-order valence-corrected chi connectivity index (χ1v) is 7.16. The van der Waals surface area contributed by atoms with Crippen LogP contribution in [0, 0.1) is 6.92 Å². The predicted octanol–water partition coefficient (Wildman–Crippen LogP) is 2.29. The average Bonchev–Trinajstić information content (AvgIpc) is 2.38. The van der Waals surface area contributed by atoms with E-state index < -0.39 is 10.8 Å². The van der Waals surface area contributed by atoms with Crippen LogP contribution in [0.4, 0.5) is 5.69 Å². The minimum atomic E-state index is -1.21. The summed E-state index contributed by atoms with van der Waals surface area (Å²) in [7, 11) is 0.337. The molecule has 0 saturated carbocycles. The first-order valence-electron chi connectivity index (χ1n) is 5.84. The first-order chi connectivity index (χ1) is 9.10. The molecule has 0 amide bonds. The molecule has 100 valence electrons. The van der Waals surface area contributed by atoms with Crippen LogP contribution >= 0.6 is 0 Å². The van der Waals surface area contributed by atoms with E-state index in [4.69, 9.17) is 10.5 Å². The van der Waals surface area contributed by atoms with E-state index in [0.29, 0.717) is 22.1 Å². The second-order valence-electron chi connectivity index (χ2n) is 4.17. The highest BCUT2D eigenvalue weighted by molar-refractivity contribution is 7.84. The summed E-state index contributed by atoms with van der Waals surface area (Å²) < 4.78 is 17.6. The maximum absolute atomic E-state index is 12.4. The number of hydrogen-bond acceptors (Lipinski definition) is 4. The Morgan fingerprint density at radius 2 is 2.11 bits per heavy atom. The number of nitrogens with zero attached hydrogens (tertiary/aromatic N) is 1. The molecule has 2 aromatic rings. The number of nitrogens with two attached hydrogens (primary N) is 1. The standard InChI is InChI=1S/C14H16N2O2S/c1-10-4-3-5-12(16-10)9-19(17)14-7-6-11(15)8-13(14)18-2/h3-8H,9,15H2,1-2H3. The number of methoxy groups -OCH3 is 1. The second kappa shape index (κ2) is 5.84. The topological polar surface area (TPSA) is 65.2 Å². The van der Waals surface area contributed by atoms with Crippen LogP contribution in [0.1, 0.15) is 11.4 Å². The molecule has 19 heavy (non-hydrogen) atoms. The summed E-state index contributed by atoms with van der Waals surface area (Å²) in [5, 5.41) is 0. The highest BCUT2D eigenvalue weighted by atomic mass is 32.2. The van der Waals surface area contributed by atoms with E-state index in [2.05, 4.69) is 4.98 Å². The number of aryl methyl sites for hydroxylation is 1. The average molecular weight is 276 g/mol. The Balaban J connectivity index is 2.25. The van der Waals surface area contributed by atoms with Gasteiger partial charge in [0.15, 0.2) is 0 Å². The molecule has 0 aliphatic carbocycles. The normalized spacial score (nSPS) is 12.1. The fourth-order valence-corrected chi connectivity index (χ4v) is 2.94. The second-order valence-corrected chi connectivity index (χ2v) is 5.59. The van der Waals surface area contributed by atoms with Crippen molar-refractivity contribution >= 4 is 16.5 Å². The molecule has 2 N–H and O–H groups in total. The van der Waals surface area contributed by atoms with Crippen LogP contribution in [-0.2, 0) is 16.6 Å². The lowest BCUT2D eigenvalue weighted by Crippen LogP contribution is -2.02. The quantitative estimate of drug-likeness (QED) is 0.870. The fraction of sp³-hybridized carbons (Fsp3) is 0.214. The monoisotopic (exact) mass is 276 g/mol. The van der Waals surface area contributed by atoms with Crippen molar-refractivity contribution in [1.82, 2.24) is 4.98 Å². The molecule has 1 aromatic carbocycles. The smallest absolute Gasteiger partial charge is 0.137 e. The van der Waals surface area contributed by atoms with Gasteiger partial charge >= 0.3 is 0 Å². The fourth-order valence-electron chi connectivity index (χ4n) is 1.76. The van der Waals surface area contributed by atoms with Gasteiger partial charge in [0.1, 0.15) is 5.75 Å². The summed E-state index contributed by atoms with van der Waals surface area (Å²) in [6, 6.07) is 10.8. The number of aromatic nitrogens is 1. The van der Waals surface area contributed by atoms with Crippen molar-refractivity contribution < 1.29 is 8.95 Å². The lowest BCUT2D eigenvalue weighted by molar-refractivity contribution is 0.404. The van der Waals surface area contributed by atoms with Crippen LogP contribution in [0.5, 0.6) is 5.75 Å². The van der Waals surface area contributed by atoms with E-state index in [-0.39, 0.29) is 0 Å². The third kappa shape index (κ3) is 3.32. The van der Waals surface area contributed by atoms with Gasteiger partial charge in [0.25, 0.3) is 0 Å². The van der Waals surface area contributed by atoms with Crippen LogP contribution in [0.25, 0.3) is 0 Å². The van der Waals surface area contributed by atoms with Crippen molar-refractivity contribution in [2.75, 3.05) is 12.8 Å². The van der Waals surface area contributed by atoms with Gasteiger partial charge in [-0.25, -0.2) is 0 Å². The Labute approximate surface area is 115 Å². The first kappa shape index (κ1) is 13.5. The lowest BCUT2D eigenvalue weighted by atomic mass is 10.3. The molecule has 0 saturated heterocycles. The minimum Gasteiger partial charge on any atom is -0.495 e. The molecule has 0 bridgehead atoms. The lowest BCUT2D eigenvalue weighted by Gasteiger charge is -2.09. The number of hydrogen-bond donors (Lipinski definition) is 1. The zero-order chi connectivity index (χ0) is 13.8. The van der Waals surface area contributed by atoms with Gasteiger partial charge in [-0.05, 0) is 31.2 Å². The largest absolute Gasteiger partial charge is 0.495 e. The molecule has 1 aromatic heterocycles. The van der Waals surface area contributed by atoms with Crippen molar-refractivity contribution in [2.45, 2.75) is 17.6 Å². The SMILES string of the molecule is COc1cc(N)ccc1S(=O)Cc1cccc(C)n1. The van der Waals surface area contributed by atoms with Gasteiger partial charge in [-0.2, -0.15) is 0 Å². The number of benzene rings is 1. The van der Waals surface area contributed by atoms with Crippen molar-refractivity contribution in [2.24, 2.45) is 0 Å². The number of ether oxygens (including phenoxy) is 1. The third-order valence-corrected chi connectivity index (χ3v) is 4.04. The molecule has 0 aliphatic heterocycles. The molecular formula is C14H16N2O2S. The Morgan fingerprint density at radius 3 is 2.79 bits per heavy atom. The Morgan fingerprint density at radius 1 is 1.32 bits per heavy atom. The zero-order valence-electron chi connectivity index (χ0n) is 10.9. The van der Waals surface area contributed by atoms with E-state index >= 15 is 0 Å². The van der Waals surface area contributed by atoms with Gasteiger partial charge in [0.05, 0.1) is 34.3 Å². The molecule has 0 spiro atoms. The molecular weight excluding hydrogens is 260 g/mol. The third-order valence-electron chi connectivity index (χ3n) is 2.66. The molecule has 1 heterocycles. The van der Waals surface area contributed by atoms with Gasteiger partial charge in [-0.1, -0.05) is 6.07 Å². The number of pyridine rings is 1. The van der Waals surface area contributed by atoms with Gasteiger partial charge in [0, 0.05) is 17.4 Å². The highest BCUT2D eigenvalue weighted by Crippen LogP contribution is 2.26. The Hall–Kier alpha value is -1.88. The summed E-state index contributed by atoms with van der Waals surface area (Å²) in [5.41, 5.74) is 7.99. The summed E-state index contributed by atoms with van der Waals surface area (Å²) in [4.78, 5) is 4.99. The van der Waals surface area contributed by atoms with Crippen LogP contribution in [0.2, 0.25) is 0 Å². The Bertz CT molecular complexity index is 614. The molecule has 1 atom stereocenters. The van der Waals surface area contributed by atoms with Gasteiger partial charge in [0.2, 0.25) is 0 Å². The number of nitrogen functional groups attached to an aromatic ring is 1. The molecule has 0 aliphatic rings. The van der Waals surface area contributed by atoms with Crippen LogP contribution in [0.3, 0.4) is 0 Å².